The van der Waals surface area contributed by atoms with Gasteiger partial charge in [0, 0.05) is 35.5 Å². The van der Waals surface area contributed by atoms with Crippen molar-refractivity contribution in [2.45, 2.75) is 6.54 Å². The molecule has 0 radical (unpaired) electrons. The summed E-state index contributed by atoms with van der Waals surface area (Å²) in [6, 6.07) is 14.6. The molecule has 0 saturated heterocycles. The van der Waals surface area contributed by atoms with Crippen LogP contribution in [-0.2, 0) is 6.54 Å². The van der Waals surface area contributed by atoms with Gasteiger partial charge in [0.15, 0.2) is 5.65 Å². The maximum absolute atomic E-state index is 13.3. The Kier molecular flexibility index (Phi) is 5.31. The lowest BCUT2D eigenvalue weighted by molar-refractivity contribution is -0.384. The second-order valence-electron chi connectivity index (χ2n) is 6.68. The SMILES string of the molecule is COc1ccc(Cn2c(-c3ccc([N+](=O)[O-])cc3)nc3ncccc3c2=O)c(OC)c1. The summed E-state index contributed by atoms with van der Waals surface area (Å²) in [5, 5.41) is 11.4. The zero-order chi connectivity index (χ0) is 22.0. The van der Waals surface area contributed by atoms with Gasteiger partial charge in [0.1, 0.15) is 17.3 Å². The molecule has 9 heteroatoms. The molecule has 0 aliphatic heterocycles. The van der Waals surface area contributed by atoms with Gasteiger partial charge in [-0.15, -0.1) is 0 Å². The van der Waals surface area contributed by atoms with Crippen molar-refractivity contribution < 1.29 is 14.4 Å². The highest BCUT2D eigenvalue weighted by Crippen LogP contribution is 2.27. The number of aromatic nitrogens is 3. The smallest absolute Gasteiger partial charge is 0.269 e. The van der Waals surface area contributed by atoms with Crippen LogP contribution >= 0.6 is 0 Å². The third-order valence-corrected chi connectivity index (χ3v) is 4.89. The fraction of sp³-hybridized carbons (Fsp3) is 0.136. The van der Waals surface area contributed by atoms with Gasteiger partial charge in [-0.05, 0) is 36.4 Å². The molecule has 0 aliphatic carbocycles. The van der Waals surface area contributed by atoms with Crippen molar-refractivity contribution in [2.24, 2.45) is 0 Å². The number of rotatable bonds is 6. The lowest BCUT2D eigenvalue weighted by atomic mass is 10.1. The number of fused-ring (bicyclic) bond motifs is 1. The van der Waals surface area contributed by atoms with Crippen LogP contribution in [-0.4, -0.2) is 33.7 Å². The minimum Gasteiger partial charge on any atom is -0.497 e. The Balaban J connectivity index is 1.91. The summed E-state index contributed by atoms with van der Waals surface area (Å²) < 4.78 is 12.2. The highest BCUT2D eigenvalue weighted by Gasteiger charge is 2.17. The van der Waals surface area contributed by atoms with E-state index in [4.69, 9.17) is 9.47 Å². The second kappa shape index (κ2) is 8.23. The predicted octanol–water partition coefficient (Wildman–Crippen LogP) is 3.43. The van der Waals surface area contributed by atoms with Crippen LogP contribution in [0.2, 0.25) is 0 Å². The summed E-state index contributed by atoms with van der Waals surface area (Å²) in [5.74, 6) is 1.54. The van der Waals surface area contributed by atoms with Crippen LogP contribution < -0.4 is 15.0 Å². The topological polar surface area (TPSA) is 109 Å². The summed E-state index contributed by atoms with van der Waals surface area (Å²) in [6.07, 6.45) is 1.56. The summed E-state index contributed by atoms with van der Waals surface area (Å²) in [5.41, 5.74) is 1.29. The summed E-state index contributed by atoms with van der Waals surface area (Å²) >= 11 is 0. The monoisotopic (exact) mass is 418 g/mol. The van der Waals surface area contributed by atoms with Crippen LogP contribution in [0.3, 0.4) is 0 Å². The lowest BCUT2D eigenvalue weighted by Crippen LogP contribution is -2.24. The Morgan fingerprint density at radius 3 is 2.52 bits per heavy atom. The minimum atomic E-state index is -0.478. The molecule has 0 spiro atoms. The first kappa shape index (κ1) is 20.0. The Morgan fingerprint density at radius 2 is 1.84 bits per heavy atom. The zero-order valence-electron chi connectivity index (χ0n) is 16.8. The minimum absolute atomic E-state index is 0.0478. The Morgan fingerprint density at radius 1 is 1.06 bits per heavy atom. The molecule has 4 aromatic rings. The number of methoxy groups -OCH3 is 2. The van der Waals surface area contributed by atoms with E-state index in [0.717, 1.165) is 5.56 Å². The molecule has 0 amide bonds. The van der Waals surface area contributed by atoms with Crippen LogP contribution in [0.4, 0.5) is 5.69 Å². The maximum atomic E-state index is 13.3. The molecule has 9 nitrogen and oxygen atoms in total. The number of pyridine rings is 1. The fourth-order valence-electron chi connectivity index (χ4n) is 3.31. The molecule has 0 atom stereocenters. The van der Waals surface area contributed by atoms with E-state index in [1.54, 1.807) is 56.8 Å². The van der Waals surface area contributed by atoms with Crippen molar-refractivity contribution in [1.29, 1.82) is 0 Å². The van der Waals surface area contributed by atoms with Gasteiger partial charge in [-0.1, -0.05) is 0 Å². The van der Waals surface area contributed by atoms with Crippen molar-refractivity contribution in [2.75, 3.05) is 14.2 Å². The van der Waals surface area contributed by atoms with Gasteiger partial charge in [0.2, 0.25) is 0 Å². The summed E-state index contributed by atoms with van der Waals surface area (Å²) in [4.78, 5) is 32.7. The Hall–Kier alpha value is -4.27. The van der Waals surface area contributed by atoms with E-state index in [1.165, 1.54) is 16.7 Å². The quantitative estimate of drug-likeness (QED) is 0.348. The van der Waals surface area contributed by atoms with Gasteiger partial charge in [0.05, 0.1) is 31.1 Å². The van der Waals surface area contributed by atoms with E-state index >= 15 is 0 Å². The average Bonchev–Trinajstić information content (AvgIpc) is 2.81. The third-order valence-electron chi connectivity index (χ3n) is 4.89. The highest BCUT2D eigenvalue weighted by atomic mass is 16.6. The maximum Gasteiger partial charge on any atom is 0.269 e. The fourth-order valence-corrected chi connectivity index (χ4v) is 3.31. The predicted molar refractivity (Wildman–Crippen MR) is 115 cm³/mol. The van der Waals surface area contributed by atoms with E-state index in [-0.39, 0.29) is 17.8 Å². The van der Waals surface area contributed by atoms with Crippen molar-refractivity contribution in [3.63, 3.8) is 0 Å². The Labute approximate surface area is 176 Å². The van der Waals surface area contributed by atoms with Crippen LogP contribution in [0.25, 0.3) is 22.4 Å². The van der Waals surface area contributed by atoms with Crippen molar-refractivity contribution in [3.8, 4) is 22.9 Å². The van der Waals surface area contributed by atoms with Gasteiger partial charge in [-0.3, -0.25) is 19.5 Å². The molecule has 4 rings (SSSR count). The number of nitro groups is 1. The van der Waals surface area contributed by atoms with Crippen LogP contribution in [0.15, 0.2) is 65.6 Å². The third kappa shape index (κ3) is 3.80. The molecule has 0 N–H and O–H groups in total. The average molecular weight is 418 g/mol. The molecule has 0 aliphatic rings. The van der Waals surface area contributed by atoms with Crippen LogP contribution in [0.5, 0.6) is 11.5 Å². The molecule has 31 heavy (non-hydrogen) atoms. The van der Waals surface area contributed by atoms with E-state index < -0.39 is 4.92 Å². The number of hydrogen-bond acceptors (Lipinski definition) is 7. The number of hydrogen-bond donors (Lipinski definition) is 0. The largest absolute Gasteiger partial charge is 0.497 e. The molecule has 0 saturated carbocycles. The van der Waals surface area contributed by atoms with Crippen molar-refractivity contribution >= 4 is 16.7 Å². The summed E-state index contributed by atoms with van der Waals surface area (Å²) in [6.45, 7) is 0.177. The van der Waals surface area contributed by atoms with E-state index in [9.17, 15) is 14.9 Å². The number of non-ortho nitro benzene ring substituents is 1. The second-order valence-corrected chi connectivity index (χ2v) is 6.68. The molecule has 2 aromatic carbocycles. The van der Waals surface area contributed by atoms with Gasteiger partial charge in [0.25, 0.3) is 11.2 Å². The van der Waals surface area contributed by atoms with Gasteiger partial charge < -0.3 is 9.47 Å². The first-order valence-electron chi connectivity index (χ1n) is 9.33. The highest BCUT2D eigenvalue weighted by molar-refractivity contribution is 5.76. The molecule has 0 fully saturated rings. The van der Waals surface area contributed by atoms with Gasteiger partial charge in [-0.25, -0.2) is 9.97 Å². The van der Waals surface area contributed by atoms with E-state index in [1.807, 2.05) is 6.07 Å². The van der Waals surface area contributed by atoms with E-state index in [0.29, 0.717) is 33.9 Å². The lowest BCUT2D eigenvalue weighted by Gasteiger charge is -2.16. The molecule has 2 heterocycles. The standard InChI is InChI=1S/C22H18N4O5/c1-30-17-10-7-15(19(12-17)31-2)13-25-21(14-5-8-16(9-6-14)26(28)29)24-20-18(22(25)27)4-3-11-23-20/h3-12H,13H2,1-2H3. The molecule has 156 valence electrons. The number of nitro benzene ring substituents is 1. The first-order valence-corrected chi connectivity index (χ1v) is 9.33. The van der Waals surface area contributed by atoms with Crippen molar-refractivity contribution in [1.82, 2.24) is 14.5 Å². The molecule has 0 unspecified atom stereocenters. The normalized spacial score (nSPS) is 10.8. The van der Waals surface area contributed by atoms with Crippen LogP contribution in [0, 0.1) is 10.1 Å². The van der Waals surface area contributed by atoms with E-state index in [2.05, 4.69) is 9.97 Å². The number of benzene rings is 2. The molecular formula is C22H18N4O5. The zero-order valence-corrected chi connectivity index (χ0v) is 16.8. The molecular weight excluding hydrogens is 400 g/mol. The molecule has 0 bridgehead atoms. The van der Waals surface area contributed by atoms with Gasteiger partial charge >= 0.3 is 0 Å². The first-order chi connectivity index (χ1) is 15.0. The Bertz CT molecular complexity index is 1330. The summed E-state index contributed by atoms with van der Waals surface area (Å²) in [7, 11) is 3.10. The number of ether oxygens (including phenoxy) is 2. The number of nitrogens with zero attached hydrogens (tertiary/aromatic N) is 4. The molecule has 2 aromatic heterocycles. The van der Waals surface area contributed by atoms with Crippen LogP contribution in [0.1, 0.15) is 5.56 Å². The van der Waals surface area contributed by atoms with Crippen molar-refractivity contribution in [3.05, 3.63) is 86.8 Å². The van der Waals surface area contributed by atoms with Gasteiger partial charge in [-0.2, -0.15) is 0 Å².